The van der Waals surface area contributed by atoms with Crippen LogP contribution in [0.2, 0.25) is 0 Å². The topological polar surface area (TPSA) is 55.4 Å². The highest BCUT2D eigenvalue weighted by molar-refractivity contribution is 14.1. The second-order valence-electron chi connectivity index (χ2n) is 5.64. The maximum Gasteiger partial charge on any atom is 0.408 e. The number of ether oxygens (including phenoxy) is 1. The molecule has 5 heteroatoms. The number of carbonyl (C=O) groups is 2. The summed E-state index contributed by atoms with van der Waals surface area (Å²) in [5, 5.41) is 2.63. The number of hydrogen-bond donors (Lipinski definition) is 1. The summed E-state index contributed by atoms with van der Waals surface area (Å²) in [6.45, 7) is 6.83. The van der Waals surface area contributed by atoms with Crippen LogP contribution in [0.25, 0.3) is 0 Å². The first-order valence-electron chi connectivity index (χ1n) is 6.42. The minimum absolute atomic E-state index is 0.0882. The molecule has 20 heavy (non-hydrogen) atoms. The molecule has 0 saturated carbocycles. The van der Waals surface area contributed by atoms with Gasteiger partial charge in [-0.2, -0.15) is 0 Å². The lowest BCUT2D eigenvalue weighted by atomic mass is 10.0. The Morgan fingerprint density at radius 2 is 2.00 bits per heavy atom. The minimum atomic E-state index is -0.576. The lowest BCUT2D eigenvalue weighted by Gasteiger charge is -2.22. The zero-order valence-corrected chi connectivity index (χ0v) is 14.4. The molecule has 0 radical (unpaired) electrons. The molecule has 0 spiro atoms. The van der Waals surface area contributed by atoms with E-state index in [-0.39, 0.29) is 5.78 Å². The Bertz CT molecular complexity index is 494. The van der Waals surface area contributed by atoms with Crippen LogP contribution >= 0.6 is 22.6 Å². The maximum absolute atomic E-state index is 11.7. The lowest BCUT2D eigenvalue weighted by Crippen LogP contribution is -2.43. The predicted octanol–water partition coefficient (Wildman–Crippen LogP) is 3.32. The minimum Gasteiger partial charge on any atom is -0.444 e. The molecular weight excluding hydrogens is 369 g/mol. The quantitative estimate of drug-likeness (QED) is 0.804. The number of carbonyl (C=O) groups excluding carboxylic acids is 2. The van der Waals surface area contributed by atoms with Crippen molar-refractivity contribution in [3.63, 3.8) is 0 Å². The van der Waals surface area contributed by atoms with Gasteiger partial charge < -0.3 is 10.1 Å². The van der Waals surface area contributed by atoms with Crippen molar-refractivity contribution < 1.29 is 14.3 Å². The number of alkyl carbamates (subject to hydrolysis) is 1. The third-order valence-corrected chi connectivity index (χ3v) is 3.18. The SMILES string of the molecule is CC(=O)[C@@H](Cc1cccc(I)c1)NC(=O)OC(C)(C)C. The van der Waals surface area contributed by atoms with Crippen LogP contribution in [-0.4, -0.2) is 23.5 Å². The van der Waals surface area contributed by atoms with Crippen LogP contribution in [0, 0.1) is 3.57 Å². The summed E-state index contributed by atoms with van der Waals surface area (Å²) in [5.74, 6) is -0.0882. The zero-order valence-electron chi connectivity index (χ0n) is 12.2. The van der Waals surface area contributed by atoms with E-state index in [0.29, 0.717) is 6.42 Å². The molecule has 1 aromatic rings. The molecular formula is C15H20INO3. The van der Waals surface area contributed by atoms with Crippen molar-refractivity contribution in [3.8, 4) is 0 Å². The largest absolute Gasteiger partial charge is 0.444 e. The van der Waals surface area contributed by atoms with Gasteiger partial charge in [-0.25, -0.2) is 4.79 Å². The highest BCUT2D eigenvalue weighted by Crippen LogP contribution is 2.11. The molecule has 0 fully saturated rings. The second kappa shape index (κ2) is 7.06. The summed E-state index contributed by atoms with van der Waals surface area (Å²) in [6, 6.07) is 7.28. The van der Waals surface area contributed by atoms with Crippen LogP contribution in [0.4, 0.5) is 4.79 Å². The number of hydrogen-bond acceptors (Lipinski definition) is 3. The summed E-state index contributed by atoms with van der Waals surface area (Å²) >= 11 is 2.22. The molecule has 0 heterocycles. The van der Waals surface area contributed by atoms with Gasteiger partial charge >= 0.3 is 6.09 Å². The second-order valence-corrected chi connectivity index (χ2v) is 6.89. The number of amides is 1. The van der Waals surface area contributed by atoms with Crippen molar-refractivity contribution in [1.29, 1.82) is 0 Å². The monoisotopic (exact) mass is 389 g/mol. The average molecular weight is 389 g/mol. The van der Waals surface area contributed by atoms with Gasteiger partial charge in [-0.15, -0.1) is 0 Å². The van der Waals surface area contributed by atoms with Gasteiger partial charge in [0.25, 0.3) is 0 Å². The zero-order chi connectivity index (χ0) is 15.3. The lowest BCUT2D eigenvalue weighted by molar-refractivity contribution is -0.119. The number of Topliss-reactive ketones (excluding diaryl/α,β-unsaturated/α-hetero) is 1. The van der Waals surface area contributed by atoms with Crippen LogP contribution in [0.5, 0.6) is 0 Å². The molecule has 0 aliphatic rings. The Labute approximate surface area is 133 Å². The van der Waals surface area contributed by atoms with E-state index in [4.69, 9.17) is 4.74 Å². The van der Waals surface area contributed by atoms with Crippen LogP contribution in [0.15, 0.2) is 24.3 Å². The molecule has 0 aliphatic heterocycles. The first kappa shape index (κ1) is 16.9. The Morgan fingerprint density at radius 1 is 1.35 bits per heavy atom. The molecule has 1 atom stereocenters. The van der Waals surface area contributed by atoms with Crippen LogP contribution in [-0.2, 0) is 16.0 Å². The van der Waals surface area contributed by atoms with Gasteiger partial charge in [0.15, 0.2) is 5.78 Å². The standard InChI is InChI=1S/C15H20INO3/c1-10(18)13(17-14(19)20-15(2,3)4)9-11-6-5-7-12(16)8-11/h5-8,13H,9H2,1-4H3,(H,17,19)/t13-/m1/s1. The summed E-state index contributed by atoms with van der Waals surface area (Å²) in [7, 11) is 0. The molecule has 0 bridgehead atoms. The summed E-state index contributed by atoms with van der Waals surface area (Å²) in [6.07, 6.45) is -0.103. The fourth-order valence-electron chi connectivity index (χ4n) is 1.65. The smallest absolute Gasteiger partial charge is 0.408 e. The molecule has 0 aliphatic carbocycles. The summed E-state index contributed by atoms with van der Waals surface area (Å²) in [5.41, 5.74) is 0.432. The van der Waals surface area contributed by atoms with E-state index in [1.54, 1.807) is 20.8 Å². The highest BCUT2D eigenvalue weighted by Gasteiger charge is 2.22. The van der Waals surface area contributed by atoms with E-state index in [9.17, 15) is 9.59 Å². The molecule has 1 N–H and O–H groups in total. The molecule has 0 saturated heterocycles. The van der Waals surface area contributed by atoms with Crippen molar-refractivity contribution in [2.45, 2.75) is 45.8 Å². The molecule has 0 aromatic heterocycles. The number of nitrogens with one attached hydrogen (secondary N) is 1. The van der Waals surface area contributed by atoms with E-state index in [1.165, 1.54) is 6.92 Å². The third kappa shape index (κ3) is 6.36. The Balaban J connectivity index is 2.71. The molecule has 0 unspecified atom stereocenters. The van der Waals surface area contributed by atoms with Crippen molar-refractivity contribution in [2.75, 3.05) is 0 Å². The van der Waals surface area contributed by atoms with E-state index in [0.717, 1.165) is 9.13 Å². The van der Waals surface area contributed by atoms with Crippen molar-refractivity contribution in [3.05, 3.63) is 33.4 Å². The van der Waals surface area contributed by atoms with Gasteiger partial charge in [-0.05, 0) is 74.4 Å². The average Bonchev–Trinajstić information content (AvgIpc) is 2.25. The first-order chi connectivity index (χ1) is 9.17. The number of benzene rings is 1. The van der Waals surface area contributed by atoms with E-state index >= 15 is 0 Å². The number of rotatable bonds is 4. The van der Waals surface area contributed by atoms with Gasteiger partial charge in [0, 0.05) is 3.57 Å². The van der Waals surface area contributed by atoms with Crippen LogP contribution in [0.1, 0.15) is 33.3 Å². The predicted molar refractivity (Wildman–Crippen MR) is 86.7 cm³/mol. The number of halogens is 1. The van der Waals surface area contributed by atoms with E-state index in [2.05, 4.69) is 27.9 Å². The molecule has 1 aromatic carbocycles. The molecule has 110 valence electrons. The van der Waals surface area contributed by atoms with Gasteiger partial charge in [-0.3, -0.25) is 4.79 Å². The molecule has 1 amide bonds. The molecule has 4 nitrogen and oxygen atoms in total. The maximum atomic E-state index is 11.7. The normalized spacial score (nSPS) is 12.7. The summed E-state index contributed by atoms with van der Waals surface area (Å²) in [4.78, 5) is 23.4. The fraction of sp³-hybridized carbons (Fsp3) is 0.467. The van der Waals surface area contributed by atoms with Gasteiger partial charge in [0.2, 0.25) is 0 Å². The van der Waals surface area contributed by atoms with Crippen molar-refractivity contribution >= 4 is 34.5 Å². The van der Waals surface area contributed by atoms with E-state index < -0.39 is 17.7 Å². The van der Waals surface area contributed by atoms with Crippen molar-refractivity contribution in [2.24, 2.45) is 0 Å². The highest BCUT2D eigenvalue weighted by atomic mass is 127. The first-order valence-corrected chi connectivity index (χ1v) is 7.49. The molecule has 1 rings (SSSR count). The van der Waals surface area contributed by atoms with Gasteiger partial charge in [-0.1, -0.05) is 12.1 Å². The van der Waals surface area contributed by atoms with Gasteiger partial charge in [0.1, 0.15) is 5.60 Å². The van der Waals surface area contributed by atoms with Crippen molar-refractivity contribution in [1.82, 2.24) is 5.32 Å². The Hall–Kier alpha value is -1.11. The van der Waals surface area contributed by atoms with Gasteiger partial charge in [0.05, 0.1) is 6.04 Å². The van der Waals surface area contributed by atoms with E-state index in [1.807, 2.05) is 24.3 Å². The summed E-state index contributed by atoms with van der Waals surface area (Å²) < 4.78 is 6.27. The Kier molecular flexibility index (Phi) is 5.98. The van der Waals surface area contributed by atoms with Crippen LogP contribution < -0.4 is 5.32 Å². The third-order valence-electron chi connectivity index (χ3n) is 2.51. The number of ketones is 1. The Morgan fingerprint density at radius 3 is 2.50 bits per heavy atom. The fourth-order valence-corrected chi connectivity index (χ4v) is 2.25. The van der Waals surface area contributed by atoms with Crippen LogP contribution in [0.3, 0.4) is 0 Å².